The highest BCUT2D eigenvalue weighted by atomic mass is 19.4. The molecule has 0 spiro atoms. The standard InChI is InChI=1S/C17H22F3N3O4.C2H6.C2H2/c1-10(2)4-5-11(3)14(9-24)22-16(25)21-12-6-7-15(23(26)27)13(8-12)17(18,19)20;2*1-2/h6-11,14H,4-5H2,1-3H3,(H2,21,22,25);1-2H3;1-2H/t11?,14-;;/m0../s1. The van der Waals surface area contributed by atoms with E-state index in [1.54, 1.807) is 6.92 Å². The van der Waals surface area contributed by atoms with E-state index in [2.05, 4.69) is 23.5 Å². The fourth-order valence-corrected chi connectivity index (χ4v) is 2.40. The number of urea groups is 1. The normalized spacial score (nSPS) is 12.2. The molecule has 7 nitrogen and oxygen atoms in total. The van der Waals surface area contributed by atoms with Crippen LogP contribution in [0, 0.1) is 34.8 Å². The summed E-state index contributed by atoms with van der Waals surface area (Å²) in [5.41, 5.74) is -2.85. The first-order valence-electron chi connectivity index (χ1n) is 9.67. The van der Waals surface area contributed by atoms with Crippen LogP contribution >= 0.6 is 0 Å². The molecule has 1 rings (SSSR count). The number of halogens is 3. The van der Waals surface area contributed by atoms with E-state index in [1.165, 1.54) is 0 Å². The van der Waals surface area contributed by atoms with Crippen LogP contribution in [0.2, 0.25) is 0 Å². The molecule has 0 heterocycles. The second-order valence-electron chi connectivity index (χ2n) is 6.70. The summed E-state index contributed by atoms with van der Waals surface area (Å²) in [4.78, 5) is 32.8. The van der Waals surface area contributed by atoms with E-state index in [9.17, 15) is 32.9 Å². The Morgan fingerprint density at radius 1 is 1.19 bits per heavy atom. The number of alkyl halides is 3. The lowest BCUT2D eigenvalue weighted by atomic mass is 9.94. The maximum Gasteiger partial charge on any atom is 0.423 e. The highest BCUT2D eigenvalue weighted by molar-refractivity contribution is 5.91. The number of nitrogens with one attached hydrogen (secondary N) is 2. The number of aldehydes is 1. The number of hydrogen-bond donors (Lipinski definition) is 2. The smallest absolute Gasteiger partial charge is 0.328 e. The number of anilines is 1. The maximum absolute atomic E-state index is 13.0. The van der Waals surface area contributed by atoms with Crippen LogP contribution in [0.5, 0.6) is 0 Å². The van der Waals surface area contributed by atoms with Gasteiger partial charge >= 0.3 is 12.2 Å². The van der Waals surface area contributed by atoms with Gasteiger partial charge in [0.15, 0.2) is 0 Å². The van der Waals surface area contributed by atoms with Crippen molar-refractivity contribution in [2.24, 2.45) is 11.8 Å². The summed E-state index contributed by atoms with van der Waals surface area (Å²) in [5, 5.41) is 15.3. The van der Waals surface area contributed by atoms with Crippen molar-refractivity contribution >= 4 is 23.7 Å². The van der Waals surface area contributed by atoms with Crippen molar-refractivity contribution < 1.29 is 27.7 Å². The molecule has 0 aliphatic carbocycles. The number of nitro groups is 1. The summed E-state index contributed by atoms with van der Waals surface area (Å²) in [7, 11) is 0. The second-order valence-corrected chi connectivity index (χ2v) is 6.70. The zero-order chi connectivity index (χ0) is 24.8. The molecular formula is C21H30F3N3O4. The summed E-state index contributed by atoms with van der Waals surface area (Å²) in [5.74, 6) is 0.271. The molecule has 2 amide bonds. The molecule has 0 aliphatic rings. The van der Waals surface area contributed by atoms with Gasteiger partial charge in [0.25, 0.3) is 5.69 Å². The fourth-order valence-electron chi connectivity index (χ4n) is 2.40. The largest absolute Gasteiger partial charge is 0.423 e. The molecule has 1 aromatic carbocycles. The van der Waals surface area contributed by atoms with E-state index in [1.807, 2.05) is 27.7 Å². The van der Waals surface area contributed by atoms with Gasteiger partial charge in [0.1, 0.15) is 11.8 Å². The summed E-state index contributed by atoms with van der Waals surface area (Å²) >= 11 is 0. The number of nitrogens with zero attached hydrogens (tertiary/aromatic N) is 1. The van der Waals surface area contributed by atoms with Gasteiger partial charge < -0.3 is 15.4 Å². The molecule has 0 saturated heterocycles. The minimum Gasteiger partial charge on any atom is -0.328 e. The van der Waals surface area contributed by atoms with E-state index < -0.39 is 34.4 Å². The number of nitro benzene ring substituents is 1. The van der Waals surface area contributed by atoms with Crippen LogP contribution in [0.15, 0.2) is 18.2 Å². The van der Waals surface area contributed by atoms with Crippen LogP contribution in [-0.4, -0.2) is 23.3 Å². The molecule has 174 valence electrons. The molecule has 0 aromatic heterocycles. The predicted octanol–water partition coefficient (Wildman–Crippen LogP) is 5.65. The number of carbonyl (C=O) groups excluding carboxylic acids is 2. The Labute approximate surface area is 180 Å². The fraction of sp³-hybridized carbons (Fsp3) is 0.524. The van der Waals surface area contributed by atoms with E-state index in [4.69, 9.17) is 0 Å². The van der Waals surface area contributed by atoms with Crippen LogP contribution in [0.4, 0.5) is 29.3 Å². The van der Waals surface area contributed by atoms with E-state index >= 15 is 0 Å². The minimum absolute atomic E-state index is 0.154. The topological polar surface area (TPSA) is 101 Å². The zero-order valence-electron chi connectivity index (χ0n) is 18.3. The van der Waals surface area contributed by atoms with Gasteiger partial charge in [-0.25, -0.2) is 4.79 Å². The molecule has 2 atom stereocenters. The lowest BCUT2D eigenvalue weighted by Crippen LogP contribution is -2.43. The summed E-state index contributed by atoms with van der Waals surface area (Å²) in [6, 6.07) is 0.469. The van der Waals surface area contributed by atoms with Gasteiger partial charge in [-0.15, -0.1) is 12.8 Å². The Morgan fingerprint density at radius 2 is 1.74 bits per heavy atom. The molecular weight excluding hydrogens is 415 g/mol. The van der Waals surface area contributed by atoms with Gasteiger partial charge in [0.05, 0.1) is 11.0 Å². The van der Waals surface area contributed by atoms with E-state index in [0.29, 0.717) is 30.8 Å². The number of carbonyl (C=O) groups is 2. The second kappa shape index (κ2) is 14.8. The number of amides is 2. The molecule has 0 bridgehead atoms. The highest BCUT2D eigenvalue weighted by Gasteiger charge is 2.38. The number of terminal acetylenes is 1. The molecule has 2 N–H and O–H groups in total. The Morgan fingerprint density at radius 3 is 2.16 bits per heavy atom. The number of benzene rings is 1. The molecule has 0 aliphatic heterocycles. The van der Waals surface area contributed by atoms with Gasteiger partial charge in [0, 0.05) is 11.8 Å². The first kappa shape index (κ1) is 30.1. The van der Waals surface area contributed by atoms with Crippen LogP contribution in [0.1, 0.15) is 53.0 Å². The zero-order valence-corrected chi connectivity index (χ0v) is 18.3. The summed E-state index contributed by atoms with van der Waals surface area (Å²) in [6.07, 6.45) is 5.16. The Balaban J connectivity index is 0. The molecule has 1 aromatic rings. The average Bonchev–Trinajstić information content (AvgIpc) is 2.72. The lowest BCUT2D eigenvalue weighted by molar-refractivity contribution is -0.388. The third-order valence-electron chi connectivity index (χ3n) is 4.01. The van der Waals surface area contributed by atoms with Crippen molar-refractivity contribution in [3.63, 3.8) is 0 Å². The monoisotopic (exact) mass is 445 g/mol. The average molecular weight is 445 g/mol. The number of hydrogen-bond acceptors (Lipinski definition) is 4. The van der Waals surface area contributed by atoms with Gasteiger partial charge in [0.2, 0.25) is 0 Å². The van der Waals surface area contributed by atoms with Gasteiger partial charge in [-0.2, -0.15) is 13.2 Å². The van der Waals surface area contributed by atoms with E-state index in [0.717, 1.165) is 12.5 Å². The van der Waals surface area contributed by atoms with Crippen LogP contribution in [0.25, 0.3) is 0 Å². The molecule has 0 saturated carbocycles. The van der Waals surface area contributed by atoms with Crippen LogP contribution in [-0.2, 0) is 11.0 Å². The quantitative estimate of drug-likeness (QED) is 0.234. The summed E-state index contributed by atoms with van der Waals surface area (Å²) < 4.78 is 38.9. The first-order valence-corrected chi connectivity index (χ1v) is 9.67. The van der Waals surface area contributed by atoms with Crippen LogP contribution in [0.3, 0.4) is 0 Å². The first-order chi connectivity index (χ1) is 14.5. The third-order valence-corrected chi connectivity index (χ3v) is 4.01. The van der Waals surface area contributed by atoms with Crippen LogP contribution < -0.4 is 10.6 Å². The molecule has 10 heteroatoms. The lowest BCUT2D eigenvalue weighted by Gasteiger charge is -2.21. The highest BCUT2D eigenvalue weighted by Crippen LogP contribution is 2.37. The maximum atomic E-state index is 13.0. The SMILES string of the molecule is C#C.CC.CC(C)CCC(C)[C@H](C=O)NC(=O)Nc1ccc([N+](=O)[O-])c(C(F)(F)F)c1. The number of rotatable bonds is 8. The molecule has 31 heavy (non-hydrogen) atoms. The summed E-state index contributed by atoms with van der Waals surface area (Å²) in [6.45, 7) is 9.83. The third kappa shape index (κ3) is 11.0. The molecule has 0 fully saturated rings. The van der Waals surface area contributed by atoms with E-state index in [-0.39, 0.29) is 11.6 Å². The van der Waals surface area contributed by atoms with Crippen molar-refractivity contribution in [1.82, 2.24) is 5.32 Å². The molecule has 1 unspecified atom stereocenters. The van der Waals surface area contributed by atoms with Crippen molar-refractivity contribution in [3.8, 4) is 12.8 Å². The Bertz CT molecular complexity index is 734. The van der Waals surface area contributed by atoms with Gasteiger partial charge in [-0.1, -0.05) is 41.0 Å². The van der Waals surface area contributed by atoms with Crippen molar-refractivity contribution in [1.29, 1.82) is 0 Å². The minimum atomic E-state index is -4.95. The van der Waals surface area contributed by atoms with Crippen molar-refractivity contribution in [2.45, 2.75) is 59.7 Å². The van der Waals surface area contributed by atoms with Crippen molar-refractivity contribution in [2.75, 3.05) is 5.32 Å². The van der Waals surface area contributed by atoms with Gasteiger partial charge in [-0.3, -0.25) is 10.1 Å². The Hall–Kier alpha value is -3.09. The molecule has 0 radical (unpaired) electrons. The predicted molar refractivity (Wildman–Crippen MR) is 115 cm³/mol. The van der Waals surface area contributed by atoms with Gasteiger partial charge in [-0.05, 0) is 30.4 Å². The van der Waals surface area contributed by atoms with Crippen molar-refractivity contribution in [3.05, 3.63) is 33.9 Å². The Kier molecular flexibility index (Phi) is 14.4.